The Morgan fingerprint density at radius 2 is 1.96 bits per heavy atom. The van der Waals surface area contributed by atoms with Crippen LogP contribution in [-0.4, -0.2) is 28.6 Å². The van der Waals surface area contributed by atoms with Crippen LogP contribution in [0.4, 0.5) is 13.2 Å². The fraction of sp³-hybridized carbons (Fsp3) is 0.500. The van der Waals surface area contributed by atoms with Crippen molar-refractivity contribution < 1.29 is 27.5 Å². The molecule has 7 nitrogen and oxygen atoms in total. The van der Waals surface area contributed by atoms with E-state index in [0.717, 1.165) is 12.8 Å². The minimum Gasteiger partial charge on any atom is -0.454 e. The summed E-state index contributed by atoms with van der Waals surface area (Å²) in [5.41, 5.74) is -2.87. The van der Waals surface area contributed by atoms with Crippen molar-refractivity contribution in [1.82, 2.24) is 9.88 Å². The van der Waals surface area contributed by atoms with Crippen molar-refractivity contribution in [2.24, 2.45) is 0 Å². The van der Waals surface area contributed by atoms with E-state index in [0.29, 0.717) is 35.7 Å². The lowest BCUT2D eigenvalue weighted by Gasteiger charge is -2.21. The average molecular weight is 371 g/mol. The summed E-state index contributed by atoms with van der Waals surface area (Å²) in [5, 5.41) is 11.7. The summed E-state index contributed by atoms with van der Waals surface area (Å²) in [6.07, 6.45) is -1.55. The molecule has 1 N–H and O–H groups in total. The summed E-state index contributed by atoms with van der Waals surface area (Å²) in [6, 6.07) is 3.34. The Labute approximate surface area is 146 Å². The highest BCUT2D eigenvalue weighted by Gasteiger charge is 2.35. The van der Waals surface area contributed by atoms with Gasteiger partial charge in [0.05, 0.1) is 11.6 Å². The molecule has 10 heteroatoms. The van der Waals surface area contributed by atoms with E-state index in [9.17, 15) is 27.6 Å². The second-order valence-corrected chi connectivity index (χ2v) is 5.99. The fourth-order valence-corrected chi connectivity index (χ4v) is 2.70. The molecule has 0 spiro atoms. The van der Waals surface area contributed by atoms with Gasteiger partial charge in [0.25, 0.3) is 11.5 Å². The Morgan fingerprint density at radius 1 is 1.31 bits per heavy atom. The van der Waals surface area contributed by atoms with E-state index < -0.39 is 47.9 Å². The quantitative estimate of drug-likeness (QED) is 0.788. The molecule has 1 aromatic rings. The first-order chi connectivity index (χ1) is 12.1. The van der Waals surface area contributed by atoms with Gasteiger partial charge in [-0.25, -0.2) is 0 Å². The lowest BCUT2D eigenvalue weighted by Crippen LogP contribution is -2.46. The molecule has 0 bridgehead atoms. The van der Waals surface area contributed by atoms with Gasteiger partial charge in [-0.3, -0.25) is 14.4 Å². The molecule has 140 valence electrons. The van der Waals surface area contributed by atoms with Gasteiger partial charge >= 0.3 is 12.1 Å². The second-order valence-electron chi connectivity index (χ2n) is 5.99. The molecule has 0 saturated heterocycles. The van der Waals surface area contributed by atoms with Gasteiger partial charge in [0.2, 0.25) is 0 Å². The number of rotatable bonds is 5. The molecule has 0 radical (unpaired) electrons. The first kappa shape index (κ1) is 19.5. The Hall–Kier alpha value is -2.83. The minimum absolute atomic E-state index is 0.503. The third-order valence-electron chi connectivity index (χ3n) is 4.02. The normalized spacial score (nSPS) is 15.9. The first-order valence-electron chi connectivity index (χ1n) is 7.81. The van der Waals surface area contributed by atoms with Crippen LogP contribution in [-0.2, 0) is 27.0 Å². The number of nitrogens with one attached hydrogen (secondary N) is 1. The van der Waals surface area contributed by atoms with Crippen LogP contribution in [0.3, 0.4) is 0 Å². The molecule has 26 heavy (non-hydrogen) atoms. The zero-order valence-electron chi connectivity index (χ0n) is 13.6. The number of nitriles is 1. The van der Waals surface area contributed by atoms with Crippen molar-refractivity contribution >= 4 is 11.9 Å². The van der Waals surface area contributed by atoms with E-state index >= 15 is 0 Å². The maximum Gasteiger partial charge on any atom is 0.417 e. The summed E-state index contributed by atoms with van der Waals surface area (Å²) in [7, 11) is 0. The Kier molecular flexibility index (Phi) is 5.69. The number of esters is 1. The summed E-state index contributed by atoms with van der Waals surface area (Å²) in [6.45, 7) is -1.45. The molecule has 1 aromatic heterocycles. The number of amides is 1. The van der Waals surface area contributed by atoms with Crippen LogP contribution in [0.1, 0.15) is 31.2 Å². The van der Waals surface area contributed by atoms with Crippen LogP contribution in [0.25, 0.3) is 0 Å². The number of hydrogen-bond donors (Lipinski definition) is 1. The van der Waals surface area contributed by atoms with Crippen molar-refractivity contribution in [3.8, 4) is 6.07 Å². The lowest BCUT2D eigenvalue weighted by molar-refractivity contribution is -0.149. The van der Waals surface area contributed by atoms with Crippen LogP contribution in [0.5, 0.6) is 0 Å². The lowest BCUT2D eigenvalue weighted by atomic mass is 10.00. The molecule has 1 aliphatic rings. The summed E-state index contributed by atoms with van der Waals surface area (Å²) >= 11 is 0. The fourth-order valence-electron chi connectivity index (χ4n) is 2.70. The number of alkyl halides is 3. The molecule has 1 amide bonds. The van der Waals surface area contributed by atoms with Crippen LogP contribution in [0, 0.1) is 11.3 Å². The van der Waals surface area contributed by atoms with Gasteiger partial charge in [-0.1, -0.05) is 0 Å². The predicted molar refractivity (Wildman–Crippen MR) is 81.6 cm³/mol. The Bertz CT molecular complexity index is 789. The predicted octanol–water partition coefficient (Wildman–Crippen LogP) is 1.36. The van der Waals surface area contributed by atoms with Crippen molar-refractivity contribution in [2.45, 2.75) is 43.9 Å². The van der Waals surface area contributed by atoms with Gasteiger partial charge in [0.1, 0.15) is 12.1 Å². The molecule has 0 unspecified atom stereocenters. The number of ether oxygens (including phenoxy) is 1. The number of aromatic nitrogens is 1. The molecule has 0 aliphatic heterocycles. The summed E-state index contributed by atoms with van der Waals surface area (Å²) in [4.78, 5) is 35.1. The smallest absolute Gasteiger partial charge is 0.417 e. The third-order valence-corrected chi connectivity index (χ3v) is 4.02. The Morgan fingerprint density at radius 3 is 2.54 bits per heavy atom. The maximum absolute atomic E-state index is 12.6. The number of carbonyl (C=O) groups excluding carboxylic acids is 2. The largest absolute Gasteiger partial charge is 0.454 e. The topological polar surface area (TPSA) is 101 Å². The molecular weight excluding hydrogens is 355 g/mol. The van der Waals surface area contributed by atoms with E-state index in [4.69, 9.17) is 5.26 Å². The van der Waals surface area contributed by atoms with Crippen molar-refractivity contribution in [3.63, 3.8) is 0 Å². The van der Waals surface area contributed by atoms with Crippen LogP contribution < -0.4 is 10.9 Å². The molecule has 1 fully saturated rings. The average Bonchev–Trinajstić information content (AvgIpc) is 3.03. The number of nitrogens with zero attached hydrogens (tertiary/aromatic N) is 2. The van der Waals surface area contributed by atoms with Gasteiger partial charge in [-0.15, -0.1) is 0 Å². The van der Waals surface area contributed by atoms with Crippen LogP contribution in [0.2, 0.25) is 0 Å². The van der Waals surface area contributed by atoms with Gasteiger partial charge in [-0.2, -0.15) is 18.4 Å². The van der Waals surface area contributed by atoms with Crippen LogP contribution >= 0.6 is 0 Å². The molecule has 0 atom stereocenters. The van der Waals surface area contributed by atoms with E-state index in [1.165, 1.54) is 0 Å². The minimum atomic E-state index is -4.66. The van der Waals surface area contributed by atoms with Gasteiger partial charge in [0, 0.05) is 12.3 Å². The van der Waals surface area contributed by atoms with Gasteiger partial charge in [-0.05, 0) is 31.7 Å². The number of pyridine rings is 1. The highest BCUT2D eigenvalue weighted by molar-refractivity contribution is 5.81. The monoisotopic (exact) mass is 371 g/mol. The molecule has 2 rings (SSSR count). The number of hydrogen-bond acceptors (Lipinski definition) is 5. The first-order valence-corrected chi connectivity index (χ1v) is 7.81. The van der Waals surface area contributed by atoms with E-state index in [-0.39, 0.29) is 0 Å². The van der Waals surface area contributed by atoms with Crippen LogP contribution in [0.15, 0.2) is 23.1 Å². The van der Waals surface area contributed by atoms with Crippen molar-refractivity contribution in [3.05, 3.63) is 34.2 Å². The zero-order valence-corrected chi connectivity index (χ0v) is 13.6. The van der Waals surface area contributed by atoms with Crippen molar-refractivity contribution in [1.29, 1.82) is 5.26 Å². The SMILES string of the molecule is N#CC1(NC(=O)COC(=O)Cn2cc(C(F)(F)F)ccc2=O)CCCC1. The second kappa shape index (κ2) is 7.59. The maximum atomic E-state index is 12.6. The van der Waals surface area contributed by atoms with Gasteiger partial charge in [0.15, 0.2) is 6.61 Å². The molecule has 0 aromatic carbocycles. The molecule has 1 saturated carbocycles. The standard InChI is InChI=1S/C16H16F3N3O4/c17-16(18,19)11-3-4-13(24)22(7-11)8-14(25)26-9-12(23)21-15(10-20)5-1-2-6-15/h3-4,7H,1-2,5-6,8-9H2,(H,21,23). The van der Waals surface area contributed by atoms with Crippen molar-refractivity contribution in [2.75, 3.05) is 6.61 Å². The van der Waals surface area contributed by atoms with E-state index in [1.807, 2.05) is 6.07 Å². The highest BCUT2D eigenvalue weighted by atomic mass is 19.4. The zero-order chi connectivity index (χ0) is 19.4. The number of carbonyl (C=O) groups is 2. The molecule has 1 aliphatic carbocycles. The van der Waals surface area contributed by atoms with E-state index in [2.05, 4.69) is 10.1 Å². The Balaban J connectivity index is 1.92. The third kappa shape index (κ3) is 4.84. The molecule has 1 heterocycles. The molecular formula is C16H16F3N3O4. The number of halogens is 3. The summed E-state index contributed by atoms with van der Waals surface area (Å²) in [5.74, 6) is -1.72. The van der Waals surface area contributed by atoms with E-state index in [1.54, 1.807) is 0 Å². The summed E-state index contributed by atoms with van der Waals surface area (Å²) < 4.78 is 43.2. The van der Waals surface area contributed by atoms with Gasteiger partial charge < -0.3 is 14.6 Å². The highest BCUT2D eigenvalue weighted by Crippen LogP contribution is 2.29.